The Labute approximate surface area is 161 Å². The van der Waals surface area contributed by atoms with E-state index in [4.69, 9.17) is 9.47 Å². The van der Waals surface area contributed by atoms with Crippen molar-refractivity contribution in [3.63, 3.8) is 0 Å². The second-order valence-electron chi connectivity index (χ2n) is 6.51. The van der Waals surface area contributed by atoms with E-state index in [2.05, 4.69) is 5.32 Å². The van der Waals surface area contributed by atoms with Gasteiger partial charge in [0.15, 0.2) is 16.4 Å². The van der Waals surface area contributed by atoms with Crippen molar-refractivity contribution in [2.24, 2.45) is 0 Å². The third kappa shape index (κ3) is 4.50. The highest BCUT2D eigenvalue weighted by molar-refractivity contribution is 7.91. The molecule has 0 aliphatic carbocycles. The molecule has 1 aliphatic rings. The summed E-state index contributed by atoms with van der Waals surface area (Å²) < 4.78 is 34.1. The Morgan fingerprint density at radius 2 is 2.00 bits per heavy atom. The number of carbonyl (C=O) groups is 3. The van der Waals surface area contributed by atoms with Gasteiger partial charge in [0.05, 0.1) is 24.2 Å². The Hall–Kier alpha value is -2.88. The van der Waals surface area contributed by atoms with Crippen LogP contribution in [0, 0.1) is 0 Å². The predicted molar refractivity (Wildman–Crippen MR) is 99.4 cm³/mol. The van der Waals surface area contributed by atoms with Gasteiger partial charge < -0.3 is 19.4 Å². The van der Waals surface area contributed by atoms with Crippen molar-refractivity contribution >= 4 is 38.6 Å². The summed E-state index contributed by atoms with van der Waals surface area (Å²) >= 11 is 0. The van der Waals surface area contributed by atoms with E-state index in [0.29, 0.717) is 22.9 Å². The van der Waals surface area contributed by atoms with E-state index >= 15 is 0 Å². The summed E-state index contributed by atoms with van der Waals surface area (Å²) in [4.78, 5) is 35.9. The summed E-state index contributed by atoms with van der Waals surface area (Å²) in [6, 6.07) is 6.58. The van der Waals surface area contributed by atoms with Crippen LogP contribution in [0.3, 0.4) is 0 Å². The van der Waals surface area contributed by atoms with Crippen molar-refractivity contribution in [3.8, 4) is 0 Å². The van der Waals surface area contributed by atoms with Crippen LogP contribution >= 0.6 is 0 Å². The molecular formula is C18H20N2O7S. The molecule has 0 saturated carbocycles. The Morgan fingerprint density at radius 3 is 2.68 bits per heavy atom. The number of benzene rings is 1. The van der Waals surface area contributed by atoms with E-state index in [9.17, 15) is 22.8 Å². The highest BCUT2D eigenvalue weighted by atomic mass is 32.2. The van der Waals surface area contributed by atoms with Crippen molar-refractivity contribution in [2.45, 2.75) is 19.0 Å². The number of para-hydroxylation sites is 1. The molecule has 1 aromatic heterocycles. The zero-order valence-corrected chi connectivity index (χ0v) is 16.0. The molecule has 28 heavy (non-hydrogen) atoms. The van der Waals surface area contributed by atoms with Crippen molar-refractivity contribution < 1.29 is 32.3 Å². The first-order valence-corrected chi connectivity index (χ1v) is 10.4. The third-order valence-electron chi connectivity index (χ3n) is 4.46. The fourth-order valence-electron chi connectivity index (χ4n) is 3.16. The third-order valence-corrected chi connectivity index (χ3v) is 6.22. The Morgan fingerprint density at radius 1 is 1.25 bits per heavy atom. The van der Waals surface area contributed by atoms with Gasteiger partial charge in [-0.2, -0.15) is 0 Å². The quantitative estimate of drug-likeness (QED) is 0.681. The van der Waals surface area contributed by atoms with Gasteiger partial charge in [0.2, 0.25) is 0 Å². The predicted octanol–water partition coefficient (Wildman–Crippen LogP) is 0.274. The lowest BCUT2D eigenvalue weighted by atomic mass is 10.2. The van der Waals surface area contributed by atoms with Crippen LogP contribution in [0.4, 0.5) is 0 Å². The number of hydrogen-bond acceptors (Lipinski definition) is 7. The van der Waals surface area contributed by atoms with Crippen LogP contribution in [0.2, 0.25) is 0 Å². The normalized spacial score (nSPS) is 18.0. The fraction of sp³-hybridized carbons (Fsp3) is 0.389. The lowest BCUT2D eigenvalue weighted by Gasteiger charge is -2.11. The summed E-state index contributed by atoms with van der Waals surface area (Å²) in [5, 5.41) is 3.19. The number of ether oxygens (including phenoxy) is 2. The summed E-state index contributed by atoms with van der Waals surface area (Å²) in [6.07, 6.45) is 1.86. The number of methoxy groups -OCH3 is 1. The summed E-state index contributed by atoms with van der Waals surface area (Å²) in [5.41, 5.74) is 0.978. The number of nitrogens with zero attached hydrogens (tertiary/aromatic N) is 1. The first-order valence-electron chi connectivity index (χ1n) is 8.60. The average Bonchev–Trinajstić information content (AvgIpc) is 3.19. The minimum atomic E-state index is -3.10. The molecule has 1 saturated heterocycles. The minimum absolute atomic E-state index is 0.0426. The zero-order valence-electron chi connectivity index (χ0n) is 15.2. The largest absolute Gasteiger partial charge is 0.465 e. The maximum atomic E-state index is 12.1. The van der Waals surface area contributed by atoms with Crippen LogP contribution in [0.25, 0.3) is 10.9 Å². The second-order valence-corrected chi connectivity index (χ2v) is 8.74. The molecule has 9 nitrogen and oxygen atoms in total. The number of carbonyl (C=O) groups excluding carboxylic acids is 3. The Bertz CT molecular complexity index is 1030. The molecular weight excluding hydrogens is 388 g/mol. The second kappa shape index (κ2) is 8.01. The van der Waals surface area contributed by atoms with Crippen molar-refractivity contribution in [3.05, 3.63) is 36.0 Å². The molecule has 0 spiro atoms. The maximum Gasteiger partial charge on any atom is 0.340 e. The van der Waals surface area contributed by atoms with E-state index in [-0.39, 0.29) is 18.1 Å². The molecule has 1 aliphatic heterocycles. The number of fused-ring (bicyclic) bond motifs is 1. The lowest BCUT2D eigenvalue weighted by molar-refractivity contribution is -0.149. The molecule has 10 heteroatoms. The minimum Gasteiger partial charge on any atom is -0.465 e. The molecule has 1 N–H and O–H groups in total. The number of aromatic nitrogens is 1. The average molecular weight is 408 g/mol. The molecule has 2 heterocycles. The molecule has 3 rings (SSSR count). The van der Waals surface area contributed by atoms with Gasteiger partial charge in [0.1, 0.15) is 6.54 Å². The van der Waals surface area contributed by atoms with E-state index < -0.39 is 40.3 Å². The molecule has 0 bridgehead atoms. The van der Waals surface area contributed by atoms with Crippen LogP contribution in [-0.2, 0) is 35.4 Å². The number of esters is 2. The van der Waals surface area contributed by atoms with Crippen molar-refractivity contribution in [1.29, 1.82) is 0 Å². The molecule has 0 unspecified atom stereocenters. The number of nitrogens with one attached hydrogen (secondary N) is 1. The Balaban J connectivity index is 1.59. The van der Waals surface area contributed by atoms with Gasteiger partial charge in [0, 0.05) is 23.1 Å². The molecule has 1 aromatic carbocycles. The molecule has 1 fully saturated rings. The first kappa shape index (κ1) is 19.9. The molecule has 150 valence electrons. The first-order chi connectivity index (χ1) is 13.3. The van der Waals surface area contributed by atoms with Crippen LogP contribution in [0.15, 0.2) is 30.5 Å². The number of sulfone groups is 1. The van der Waals surface area contributed by atoms with Gasteiger partial charge in [-0.3, -0.25) is 9.59 Å². The maximum absolute atomic E-state index is 12.1. The topological polar surface area (TPSA) is 121 Å². The lowest BCUT2D eigenvalue weighted by Crippen LogP contribution is -2.38. The van der Waals surface area contributed by atoms with Gasteiger partial charge in [0.25, 0.3) is 5.91 Å². The summed E-state index contributed by atoms with van der Waals surface area (Å²) in [7, 11) is -1.83. The summed E-state index contributed by atoms with van der Waals surface area (Å²) in [6.45, 7) is -0.693. The number of amides is 1. The highest BCUT2D eigenvalue weighted by Crippen LogP contribution is 2.22. The molecule has 1 atom stereocenters. The number of hydrogen-bond donors (Lipinski definition) is 1. The Kier molecular flexibility index (Phi) is 5.68. The van der Waals surface area contributed by atoms with E-state index in [1.807, 2.05) is 0 Å². The highest BCUT2D eigenvalue weighted by Gasteiger charge is 2.29. The fourth-order valence-corrected chi connectivity index (χ4v) is 4.83. The standard InChI is InChI=1S/C18H20N2O7S/c1-26-18(23)14-8-20(15-5-3-2-4-13(14)15)9-17(22)27-10-16(21)19-12-6-7-28(24,25)11-12/h2-5,8,12H,6-7,9-11H2,1H3,(H,19,21)/t12-/m1/s1. The molecule has 1 amide bonds. The van der Waals surface area contributed by atoms with Gasteiger partial charge in [-0.1, -0.05) is 18.2 Å². The van der Waals surface area contributed by atoms with Crippen LogP contribution in [0.5, 0.6) is 0 Å². The van der Waals surface area contributed by atoms with Gasteiger partial charge in [-0.25, -0.2) is 13.2 Å². The molecule has 0 radical (unpaired) electrons. The van der Waals surface area contributed by atoms with Crippen LogP contribution in [-0.4, -0.2) is 62.1 Å². The van der Waals surface area contributed by atoms with Gasteiger partial charge >= 0.3 is 11.9 Å². The van der Waals surface area contributed by atoms with E-state index in [1.54, 1.807) is 28.8 Å². The van der Waals surface area contributed by atoms with Gasteiger partial charge in [-0.15, -0.1) is 0 Å². The van der Waals surface area contributed by atoms with Gasteiger partial charge in [-0.05, 0) is 12.5 Å². The van der Waals surface area contributed by atoms with Crippen LogP contribution < -0.4 is 5.32 Å². The smallest absolute Gasteiger partial charge is 0.340 e. The zero-order chi connectivity index (χ0) is 20.3. The monoisotopic (exact) mass is 408 g/mol. The van der Waals surface area contributed by atoms with Crippen molar-refractivity contribution in [2.75, 3.05) is 25.2 Å². The van der Waals surface area contributed by atoms with E-state index in [1.165, 1.54) is 13.3 Å². The van der Waals surface area contributed by atoms with Crippen molar-refractivity contribution in [1.82, 2.24) is 9.88 Å². The van der Waals surface area contributed by atoms with E-state index in [0.717, 1.165) is 0 Å². The van der Waals surface area contributed by atoms with Crippen LogP contribution in [0.1, 0.15) is 16.8 Å². The summed E-state index contributed by atoms with van der Waals surface area (Å²) in [5.74, 6) is -1.79. The molecule has 2 aromatic rings. The SMILES string of the molecule is COC(=O)c1cn(CC(=O)OCC(=O)N[C@@H]2CCS(=O)(=O)C2)c2ccccc12. The number of rotatable bonds is 6.